The van der Waals surface area contributed by atoms with Gasteiger partial charge in [-0.05, 0) is 27.2 Å². The molecule has 0 aliphatic rings. The van der Waals surface area contributed by atoms with Crippen LogP contribution in [0, 0.1) is 0 Å². The Morgan fingerprint density at radius 2 is 1.92 bits per heavy atom. The van der Waals surface area contributed by atoms with E-state index < -0.39 is 0 Å². The SMILES string of the molecule is CCCCNC(=O)NC(C)(C)C. The van der Waals surface area contributed by atoms with Gasteiger partial charge in [0.2, 0.25) is 0 Å². The molecule has 0 heterocycles. The van der Waals surface area contributed by atoms with Gasteiger partial charge in [-0.1, -0.05) is 13.3 Å². The van der Waals surface area contributed by atoms with Gasteiger partial charge < -0.3 is 10.6 Å². The molecule has 72 valence electrons. The molecule has 0 bridgehead atoms. The first-order chi connectivity index (χ1) is 5.45. The first kappa shape index (κ1) is 11.3. The van der Waals surface area contributed by atoms with Crippen molar-refractivity contribution in [1.82, 2.24) is 10.6 Å². The first-order valence-electron chi connectivity index (χ1n) is 4.51. The lowest BCUT2D eigenvalue weighted by atomic mass is 10.1. The Bertz CT molecular complexity index is 138. The zero-order valence-corrected chi connectivity index (χ0v) is 8.53. The first-order valence-corrected chi connectivity index (χ1v) is 4.51. The third-order valence-corrected chi connectivity index (χ3v) is 1.30. The van der Waals surface area contributed by atoms with E-state index in [4.69, 9.17) is 0 Å². The molecule has 0 saturated heterocycles. The van der Waals surface area contributed by atoms with Crippen molar-refractivity contribution >= 4 is 6.03 Å². The van der Waals surface area contributed by atoms with Crippen molar-refractivity contribution in [2.24, 2.45) is 0 Å². The lowest BCUT2D eigenvalue weighted by Gasteiger charge is -2.20. The van der Waals surface area contributed by atoms with Crippen molar-refractivity contribution in [3.63, 3.8) is 0 Å². The molecule has 2 N–H and O–H groups in total. The van der Waals surface area contributed by atoms with Crippen LogP contribution in [-0.4, -0.2) is 18.1 Å². The third-order valence-electron chi connectivity index (χ3n) is 1.30. The van der Waals surface area contributed by atoms with Crippen LogP contribution >= 0.6 is 0 Å². The summed E-state index contributed by atoms with van der Waals surface area (Å²) in [5, 5.41) is 5.62. The largest absolute Gasteiger partial charge is 0.338 e. The summed E-state index contributed by atoms with van der Waals surface area (Å²) < 4.78 is 0. The van der Waals surface area contributed by atoms with Gasteiger partial charge in [-0.3, -0.25) is 0 Å². The molecular formula is C9H20N2O. The molecule has 0 aliphatic carbocycles. The highest BCUT2D eigenvalue weighted by Crippen LogP contribution is 1.97. The average Bonchev–Trinajstić information content (AvgIpc) is 1.84. The van der Waals surface area contributed by atoms with Gasteiger partial charge in [0, 0.05) is 12.1 Å². The molecule has 2 amide bonds. The second kappa shape index (κ2) is 5.01. The number of rotatable bonds is 3. The van der Waals surface area contributed by atoms with Crippen molar-refractivity contribution in [3.8, 4) is 0 Å². The highest BCUT2D eigenvalue weighted by atomic mass is 16.2. The maximum Gasteiger partial charge on any atom is 0.315 e. The van der Waals surface area contributed by atoms with E-state index in [2.05, 4.69) is 17.6 Å². The minimum Gasteiger partial charge on any atom is -0.338 e. The van der Waals surface area contributed by atoms with Gasteiger partial charge in [0.15, 0.2) is 0 Å². The summed E-state index contributed by atoms with van der Waals surface area (Å²) in [7, 11) is 0. The lowest BCUT2D eigenvalue weighted by molar-refractivity contribution is 0.232. The fraction of sp³-hybridized carbons (Fsp3) is 0.889. The number of carbonyl (C=O) groups is 1. The van der Waals surface area contributed by atoms with Crippen LogP contribution in [-0.2, 0) is 0 Å². The summed E-state index contributed by atoms with van der Waals surface area (Å²) in [5.41, 5.74) is -0.143. The van der Waals surface area contributed by atoms with Crippen molar-refractivity contribution in [2.75, 3.05) is 6.54 Å². The summed E-state index contributed by atoms with van der Waals surface area (Å²) in [4.78, 5) is 11.1. The van der Waals surface area contributed by atoms with E-state index in [1.807, 2.05) is 20.8 Å². The van der Waals surface area contributed by atoms with Crippen LogP contribution in [0.4, 0.5) is 4.79 Å². The standard InChI is InChI=1S/C9H20N2O/c1-5-6-7-10-8(12)11-9(2,3)4/h5-7H2,1-4H3,(H2,10,11,12). The number of carbonyl (C=O) groups excluding carboxylic acids is 1. The molecule has 0 rings (SSSR count). The number of hydrogen-bond donors (Lipinski definition) is 2. The summed E-state index contributed by atoms with van der Waals surface area (Å²) >= 11 is 0. The van der Waals surface area contributed by atoms with Gasteiger partial charge in [-0.25, -0.2) is 4.79 Å². The maximum absolute atomic E-state index is 11.1. The van der Waals surface area contributed by atoms with Gasteiger partial charge >= 0.3 is 6.03 Å². The van der Waals surface area contributed by atoms with Crippen LogP contribution < -0.4 is 10.6 Å². The van der Waals surface area contributed by atoms with Gasteiger partial charge in [-0.2, -0.15) is 0 Å². The zero-order valence-electron chi connectivity index (χ0n) is 8.53. The average molecular weight is 172 g/mol. The molecule has 0 aromatic rings. The Kier molecular flexibility index (Phi) is 4.71. The quantitative estimate of drug-likeness (QED) is 0.627. The molecule has 0 unspecified atom stereocenters. The smallest absolute Gasteiger partial charge is 0.315 e. The van der Waals surface area contributed by atoms with Crippen LogP contribution in [0.15, 0.2) is 0 Å². The second-order valence-electron chi connectivity index (χ2n) is 3.98. The van der Waals surface area contributed by atoms with E-state index in [-0.39, 0.29) is 11.6 Å². The summed E-state index contributed by atoms with van der Waals surface area (Å²) in [6.07, 6.45) is 2.15. The number of hydrogen-bond acceptors (Lipinski definition) is 1. The van der Waals surface area contributed by atoms with Gasteiger partial charge in [0.05, 0.1) is 0 Å². The molecule has 3 heteroatoms. The van der Waals surface area contributed by atoms with Crippen molar-refractivity contribution in [3.05, 3.63) is 0 Å². The molecule has 3 nitrogen and oxygen atoms in total. The minimum atomic E-state index is -0.143. The zero-order chi connectivity index (χ0) is 9.61. The van der Waals surface area contributed by atoms with E-state index in [1.54, 1.807) is 0 Å². The van der Waals surface area contributed by atoms with E-state index in [1.165, 1.54) is 0 Å². The number of urea groups is 1. The molecule has 0 fully saturated rings. The molecule has 0 aliphatic heterocycles. The Morgan fingerprint density at radius 3 is 2.33 bits per heavy atom. The van der Waals surface area contributed by atoms with Gasteiger partial charge in [0.25, 0.3) is 0 Å². The highest BCUT2D eigenvalue weighted by Gasteiger charge is 2.12. The Hall–Kier alpha value is -0.730. The van der Waals surface area contributed by atoms with E-state index >= 15 is 0 Å². The predicted molar refractivity (Wildman–Crippen MR) is 51.2 cm³/mol. The van der Waals surface area contributed by atoms with E-state index in [0.717, 1.165) is 19.4 Å². The van der Waals surface area contributed by atoms with Crippen LogP contribution in [0.25, 0.3) is 0 Å². The van der Waals surface area contributed by atoms with Crippen molar-refractivity contribution in [1.29, 1.82) is 0 Å². The molecule has 0 saturated carbocycles. The van der Waals surface area contributed by atoms with Crippen molar-refractivity contribution < 1.29 is 4.79 Å². The van der Waals surface area contributed by atoms with E-state index in [9.17, 15) is 4.79 Å². The molecule has 12 heavy (non-hydrogen) atoms. The fourth-order valence-corrected chi connectivity index (χ4v) is 0.763. The third kappa shape index (κ3) is 7.38. The Labute approximate surface area is 74.9 Å². The maximum atomic E-state index is 11.1. The van der Waals surface area contributed by atoms with Crippen LogP contribution in [0.3, 0.4) is 0 Å². The molecule has 0 atom stereocenters. The number of amides is 2. The Morgan fingerprint density at radius 1 is 1.33 bits per heavy atom. The summed E-state index contributed by atoms with van der Waals surface area (Å²) in [6, 6.07) is -0.0732. The lowest BCUT2D eigenvalue weighted by Crippen LogP contribution is -2.46. The number of nitrogens with one attached hydrogen (secondary N) is 2. The number of unbranched alkanes of at least 4 members (excludes halogenated alkanes) is 1. The second-order valence-corrected chi connectivity index (χ2v) is 3.98. The van der Waals surface area contributed by atoms with Crippen LogP contribution in [0.1, 0.15) is 40.5 Å². The molecular weight excluding hydrogens is 152 g/mol. The summed E-state index contributed by atoms with van der Waals surface area (Å²) in [6.45, 7) is 8.76. The predicted octanol–water partition coefficient (Wildman–Crippen LogP) is 1.88. The Balaban J connectivity index is 3.47. The van der Waals surface area contributed by atoms with Crippen LogP contribution in [0.2, 0.25) is 0 Å². The monoisotopic (exact) mass is 172 g/mol. The summed E-state index contributed by atoms with van der Waals surface area (Å²) in [5.74, 6) is 0. The molecule has 0 aromatic carbocycles. The van der Waals surface area contributed by atoms with Gasteiger partial charge in [-0.15, -0.1) is 0 Å². The van der Waals surface area contributed by atoms with E-state index in [0.29, 0.717) is 0 Å². The minimum absolute atomic E-state index is 0.0732. The van der Waals surface area contributed by atoms with Crippen LogP contribution in [0.5, 0.6) is 0 Å². The topological polar surface area (TPSA) is 41.1 Å². The molecule has 0 spiro atoms. The fourth-order valence-electron chi connectivity index (χ4n) is 0.763. The molecule has 0 aromatic heterocycles. The molecule has 0 radical (unpaired) electrons. The normalized spacial score (nSPS) is 11.0. The van der Waals surface area contributed by atoms with Gasteiger partial charge in [0.1, 0.15) is 0 Å². The van der Waals surface area contributed by atoms with Crippen molar-refractivity contribution in [2.45, 2.75) is 46.1 Å². The highest BCUT2D eigenvalue weighted by molar-refractivity contribution is 5.74.